The molecule has 0 saturated carbocycles. The van der Waals surface area contributed by atoms with Crippen LogP contribution in [-0.2, 0) is 9.59 Å². The lowest BCUT2D eigenvalue weighted by Gasteiger charge is -2.21. The zero-order valence-corrected chi connectivity index (χ0v) is 16.9. The van der Waals surface area contributed by atoms with Crippen LogP contribution in [0.2, 0.25) is 0 Å². The topological polar surface area (TPSA) is 107 Å². The molecule has 2 N–H and O–H groups in total. The van der Waals surface area contributed by atoms with Gasteiger partial charge < -0.3 is 24.5 Å². The second kappa shape index (κ2) is 8.91. The molecule has 31 heavy (non-hydrogen) atoms. The molecular formula is C23H23N3O5. The van der Waals surface area contributed by atoms with Crippen LogP contribution >= 0.6 is 0 Å². The number of aromatic hydroxyl groups is 2. The lowest BCUT2D eigenvalue weighted by molar-refractivity contribution is -0.127. The Bertz CT molecular complexity index is 997. The molecule has 1 saturated heterocycles. The van der Waals surface area contributed by atoms with E-state index in [0.29, 0.717) is 54.2 Å². The van der Waals surface area contributed by atoms with Crippen molar-refractivity contribution in [2.24, 2.45) is 0 Å². The molecule has 1 aromatic heterocycles. The molecule has 1 fully saturated rings. The molecule has 0 spiro atoms. The third-order valence-electron chi connectivity index (χ3n) is 5.35. The van der Waals surface area contributed by atoms with Gasteiger partial charge in [0.2, 0.25) is 12.3 Å². The van der Waals surface area contributed by atoms with Gasteiger partial charge in [0.15, 0.2) is 5.76 Å². The molecule has 0 unspecified atom stereocenters. The third-order valence-corrected chi connectivity index (χ3v) is 5.35. The number of nitrogens with zero attached hydrogens (tertiary/aromatic N) is 3. The van der Waals surface area contributed by atoms with Crippen LogP contribution in [0.5, 0.6) is 11.5 Å². The van der Waals surface area contributed by atoms with Gasteiger partial charge >= 0.3 is 0 Å². The summed E-state index contributed by atoms with van der Waals surface area (Å²) in [6, 6.07) is 12.9. The summed E-state index contributed by atoms with van der Waals surface area (Å²) in [6.07, 6.45) is 2.79. The van der Waals surface area contributed by atoms with E-state index in [1.807, 2.05) is 4.90 Å². The molecule has 4 rings (SSSR count). The van der Waals surface area contributed by atoms with Crippen LogP contribution in [0.15, 0.2) is 53.1 Å². The Morgan fingerprint density at radius 3 is 2.26 bits per heavy atom. The number of aromatic nitrogens is 1. The van der Waals surface area contributed by atoms with Crippen molar-refractivity contribution in [1.29, 1.82) is 0 Å². The Morgan fingerprint density at radius 1 is 1.03 bits per heavy atom. The van der Waals surface area contributed by atoms with Gasteiger partial charge in [0.25, 0.3) is 0 Å². The Morgan fingerprint density at radius 2 is 1.68 bits per heavy atom. The minimum Gasteiger partial charge on any atom is -0.508 e. The molecule has 8 heteroatoms. The monoisotopic (exact) mass is 421 g/mol. The van der Waals surface area contributed by atoms with E-state index >= 15 is 0 Å². The molecular weight excluding hydrogens is 398 g/mol. The van der Waals surface area contributed by atoms with E-state index in [2.05, 4.69) is 5.16 Å². The van der Waals surface area contributed by atoms with E-state index in [1.165, 1.54) is 29.2 Å². The molecule has 2 aromatic carbocycles. The van der Waals surface area contributed by atoms with E-state index in [9.17, 15) is 19.8 Å². The van der Waals surface area contributed by atoms with E-state index in [0.717, 1.165) is 19.4 Å². The first-order valence-electron chi connectivity index (χ1n) is 10.1. The zero-order chi connectivity index (χ0) is 21.8. The van der Waals surface area contributed by atoms with Crippen molar-refractivity contribution >= 4 is 18.0 Å². The van der Waals surface area contributed by atoms with Crippen LogP contribution < -0.4 is 4.90 Å². The van der Waals surface area contributed by atoms with E-state index in [1.54, 1.807) is 24.3 Å². The van der Waals surface area contributed by atoms with Crippen LogP contribution in [0, 0.1) is 0 Å². The molecule has 1 aliphatic rings. The number of hydrogen-bond donors (Lipinski definition) is 2. The highest BCUT2D eigenvalue weighted by molar-refractivity contribution is 5.93. The molecule has 8 nitrogen and oxygen atoms in total. The van der Waals surface area contributed by atoms with Crippen molar-refractivity contribution in [3.63, 3.8) is 0 Å². The number of hydrogen-bond acceptors (Lipinski definition) is 6. The number of amides is 2. The highest BCUT2D eigenvalue weighted by atomic mass is 16.5. The number of anilines is 1. The predicted octanol–water partition coefficient (Wildman–Crippen LogP) is 3.40. The number of phenolic OH excluding ortho intramolecular Hbond substituents is 2. The highest BCUT2D eigenvalue weighted by Gasteiger charge is 2.25. The van der Waals surface area contributed by atoms with Crippen molar-refractivity contribution in [1.82, 2.24) is 10.1 Å². The van der Waals surface area contributed by atoms with Gasteiger partial charge in [0.1, 0.15) is 22.9 Å². The normalized spacial score (nSPS) is 13.5. The van der Waals surface area contributed by atoms with Crippen LogP contribution in [-0.4, -0.2) is 52.2 Å². The number of likely N-dealkylation sites (tertiary alicyclic amines) is 1. The molecule has 3 aromatic rings. The summed E-state index contributed by atoms with van der Waals surface area (Å²) in [5.74, 6) is 0.783. The summed E-state index contributed by atoms with van der Waals surface area (Å²) in [5.41, 5.74) is 2.31. The number of benzene rings is 2. The first-order chi connectivity index (χ1) is 15.1. The summed E-state index contributed by atoms with van der Waals surface area (Å²) in [4.78, 5) is 27.3. The molecule has 2 heterocycles. The van der Waals surface area contributed by atoms with Crippen LogP contribution in [0.1, 0.15) is 19.3 Å². The molecule has 0 atom stereocenters. The summed E-state index contributed by atoms with van der Waals surface area (Å²) in [7, 11) is 0. The highest BCUT2D eigenvalue weighted by Crippen LogP contribution is 2.40. The number of carbonyl (C=O) groups is 2. The fourth-order valence-electron chi connectivity index (χ4n) is 3.75. The van der Waals surface area contributed by atoms with Gasteiger partial charge in [-0.25, -0.2) is 0 Å². The van der Waals surface area contributed by atoms with Gasteiger partial charge in [-0.3, -0.25) is 9.59 Å². The first-order valence-corrected chi connectivity index (χ1v) is 10.1. The largest absolute Gasteiger partial charge is 0.508 e. The fraction of sp³-hybridized carbons (Fsp3) is 0.261. The van der Waals surface area contributed by atoms with Crippen molar-refractivity contribution in [3.8, 4) is 34.1 Å². The summed E-state index contributed by atoms with van der Waals surface area (Å²) < 4.78 is 5.63. The second-order valence-electron chi connectivity index (χ2n) is 7.44. The second-order valence-corrected chi connectivity index (χ2v) is 7.44. The Hall–Kier alpha value is -3.81. The first kappa shape index (κ1) is 20.5. The zero-order valence-electron chi connectivity index (χ0n) is 16.9. The molecule has 0 bridgehead atoms. The predicted molar refractivity (Wildman–Crippen MR) is 115 cm³/mol. The molecule has 0 aliphatic carbocycles. The summed E-state index contributed by atoms with van der Waals surface area (Å²) in [5, 5.41) is 23.4. The standard InChI is InChI=1S/C23H23N3O5/c27-15-26(14-2-13-25-12-1-3-20(25)30)22-21(16-4-8-18(28)9-5-16)24-31-23(22)17-6-10-19(29)11-7-17/h4-11,15,28-29H,1-3,12-14H2. The Labute approximate surface area is 179 Å². The van der Waals surface area contributed by atoms with Crippen molar-refractivity contribution in [2.75, 3.05) is 24.5 Å². The molecule has 160 valence electrons. The van der Waals surface area contributed by atoms with Crippen molar-refractivity contribution in [2.45, 2.75) is 19.3 Å². The number of carbonyl (C=O) groups excluding carboxylic acids is 2. The Balaban J connectivity index is 1.66. The van der Waals surface area contributed by atoms with E-state index < -0.39 is 0 Å². The summed E-state index contributed by atoms with van der Waals surface area (Å²) in [6.45, 7) is 1.72. The van der Waals surface area contributed by atoms with Gasteiger partial charge in [0, 0.05) is 37.2 Å². The van der Waals surface area contributed by atoms with Gasteiger partial charge in [0.05, 0.1) is 0 Å². The lowest BCUT2D eigenvalue weighted by atomic mass is 10.1. The number of phenols is 2. The maximum atomic E-state index is 12.1. The molecule has 0 radical (unpaired) electrons. The maximum absolute atomic E-state index is 12.1. The van der Waals surface area contributed by atoms with Crippen molar-refractivity contribution in [3.05, 3.63) is 48.5 Å². The quantitative estimate of drug-likeness (QED) is 0.540. The van der Waals surface area contributed by atoms with Crippen molar-refractivity contribution < 1.29 is 24.3 Å². The average Bonchev–Trinajstić information content (AvgIpc) is 3.39. The number of rotatable bonds is 8. The van der Waals surface area contributed by atoms with Crippen LogP contribution in [0.25, 0.3) is 22.6 Å². The SMILES string of the molecule is O=CN(CCCN1CCCC1=O)c1c(-c2ccc(O)cc2)noc1-c1ccc(O)cc1. The summed E-state index contributed by atoms with van der Waals surface area (Å²) >= 11 is 0. The smallest absolute Gasteiger partial charge is 0.222 e. The molecule has 1 aliphatic heterocycles. The lowest BCUT2D eigenvalue weighted by Crippen LogP contribution is -2.30. The maximum Gasteiger partial charge on any atom is 0.222 e. The van der Waals surface area contributed by atoms with Crippen LogP contribution in [0.3, 0.4) is 0 Å². The van der Waals surface area contributed by atoms with E-state index in [-0.39, 0.29) is 17.4 Å². The van der Waals surface area contributed by atoms with E-state index in [4.69, 9.17) is 4.52 Å². The Kier molecular flexibility index (Phi) is 5.88. The third kappa shape index (κ3) is 4.37. The molecule has 2 amide bonds. The fourth-order valence-corrected chi connectivity index (χ4v) is 3.75. The van der Waals surface area contributed by atoms with Gasteiger partial charge in [-0.2, -0.15) is 0 Å². The van der Waals surface area contributed by atoms with Gasteiger partial charge in [-0.1, -0.05) is 5.16 Å². The minimum atomic E-state index is 0.117. The van der Waals surface area contributed by atoms with Crippen LogP contribution in [0.4, 0.5) is 5.69 Å². The van der Waals surface area contributed by atoms with Gasteiger partial charge in [-0.15, -0.1) is 0 Å². The van der Waals surface area contributed by atoms with Gasteiger partial charge in [-0.05, 0) is 61.4 Å². The minimum absolute atomic E-state index is 0.117. The average molecular weight is 421 g/mol.